The van der Waals surface area contributed by atoms with Gasteiger partial charge in [-0.05, 0) is 31.0 Å². The standard InChI is InChI=1S/C15H19NO4/c1-10-4-3-5-13(11(10)2)15(19)16-6-7-20-9-12(16)8-14(17)18/h3-5,12H,6-9H2,1-2H3,(H,17,18). The van der Waals surface area contributed by atoms with E-state index in [4.69, 9.17) is 9.84 Å². The number of carbonyl (C=O) groups excluding carboxylic acids is 1. The minimum Gasteiger partial charge on any atom is -0.481 e. The van der Waals surface area contributed by atoms with Gasteiger partial charge in [-0.1, -0.05) is 12.1 Å². The van der Waals surface area contributed by atoms with Crippen LogP contribution in [0.1, 0.15) is 27.9 Å². The van der Waals surface area contributed by atoms with Crippen molar-refractivity contribution in [2.45, 2.75) is 26.3 Å². The number of ether oxygens (including phenoxy) is 1. The Hall–Kier alpha value is -1.88. The van der Waals surface area contributed by atoms with Gasteiger partial charge in [-0.3, -0.25) is 9.59 Å². The third-order valence-corrected chi connectivity index (χ3v) is 3.73. The van der Waals surface area contributed by atoms with Crippen molar-refractivity contribution in [1.29, 1.82) is 0 Å². The first-order valence-electron chi connectivity index (χ1n) is 6.67. The van der Waals surface area contributed by atoms with E-state index in [1.807, 2.05) is 26.0 Å². The van der Waals surface area contributed by atoms with Gasteiger partial charge in [-0.2, -0.15) is 0 Å². The van der Waals surface area contributed by atoms with Gasteiger partial charge in [0, 0.05) is 12.1 Å². The van der Waals surface area contributed by atoms with Crippen LogP contribution in [0.4, 0.5) is 0 Å². The molecule has 5 nitrogen and oxygen atoms in total. The highest BCUT2D eigenvalue weighted by atomic mass is 16.5. The summed E-state index contributed by atoms with van der Waals surface area (Å²) >= 11 is 0. The highest BCUT2D eigenvalue weighted by molar-refractivity contribution is 5.96. The van der Waals surface area contributed by atoms with Gasteiger partial charge < -0.3 is 14.7 Å². The Balaban J connectivity index is 2.25. The van der Waals surface area contributed by atoms with E-state index < -0.39 is 12.0 Å². The fourth-order valence-corrected chi connectivity index (χ4v) is 2.43. The summed E-state index contributed by atoms with van der Waals surface area (Å²) in [7, 11) is 0. The number of rotatable bonds is 3. The largest absolute Gasteiger partial charge is 0.481 e. The van der Waals surface area contributed by atoms with Crippen LogP contribution in [-0.2, 0) is 9.53 Å². The summed E-state index contributed by atoms with van der Waals surface area (Å²) in [5.74, 6) is -1.03. The zero-order valence-corrected chi connectivity index (χ0v) is 11.8. The van der Waals surface area contributed by atoms with Gasteiger partial charge in [-0.25, -0.2) is 0 Å². The van der Waals surface area contributed by atoms with E-state index in [0.717, 1.165) is 11.1 Å². The molecule has 1 aliphatic heterocycles. The normalized spacial score (nSPS) is 18.9. The maximum absolute atomic E-state index is 12.6. The van der Waals surface area contributed by atoms with E-state index in [9.17, 15) is 9.59 Å². The molecule has 0 aromatic heterocycles. The van der Waals surface area contributed by atoms with Crippen molar-refractivity contribution in [3.8, 4) is 0 Å². The van der Waals surface area contributed by atoms with Crippen molar-refractivity contribution in [1.82, 2.24) is 4.90 Å². The number of carbonyl (C=O) groups is 2. The fraction of sp³-hybridized carbons (Fsp3) is 0.467. The Morgan fingerprint density at radius 1 is 1.40 bits per heavy atom. The average molecular weight is 277 g/mol. The lowest BCUT2D eigenvalue weighted by Gasteiger charge is -2.35. The summed E-state index contributed by atoms with van der Waals surface area (Å²) in [4.78, 5) is 25.2. The molecule has 5 heteroatoms. The third kappa shape index (κ3) is 2.99. The summed E-state index contributed by atoms with van der Waals surface area (Å²) in [5.41, 5.74) is 2.64. The average Bonchev–Trinajstić information content (AvgIpc) is 2.41. The number of morpholine rings is 1. The number of hydrogen-bond acceptors (Lipinski definition) is 3. The summed E-state index contributed by atoms with van der Waals surface area (Å²) in [6.07, 6.45) is -0.0867. The predicted molar refractivity (Wildman–Crippen MR) is 73.8 cm³/mol. The van der Waals surface area contributed by atoms with Gasteiger partial charge in [-0.15, -0.1) is 0 Å². The molecule has 0 saturated carbocycles. The lowest BCUT2D eigenvalue weighted by molar-refractivity contribution is -0.139. The number of hydrogen-bond donors (Lipinski definition) is 1. The first kappa shape index (κ1) is 14.5. The van der Waals surface area contributed by atoms with Crippen molar-refractivity contribution >= 4 is 11.9 Å². The second-order valence-electron chi connectivity index (χ2n) is 5.07. The van der Waals surface area contributed by atoms with E-state index in [-0.39, 0.29) is 18.9 Å². The highest BCUT2D eigenvalue weighted by Crippen LogP contribution is 2.19. The molecular weight excluding hydrogens is 258 g/mol. The van der Waals surface area contributed by atoms with Crippen molar-refractivity contribution in [2.75, 3.05) is 19.8 Å². The Bertz CT molecular complexity index is 527. The van der Waals surface area contributed by atoms with Crippen molar-refractivity contribution < 1.29 is 19.4 Å². The summed E-state index contributed by atoms with van der Waals surface area (Å²) in [5, 5.41) is 8.94. The Morgan fingerprint density at radius 3 is 2.85 bits per heavy atom. The fourth-order valence-electron chi connectivity index (χ4n) is 2.43. The Labute approximate surface area is 118 Å². The van der Waals surface area contributed by atoms with Crippen LogP contribution in [0.15, 0.2) is 18.2 Å². The number of carboxylic acids is 1. The number of aliphatic carboxylic acids is 1. The molecule has 1 N–H and O–H groups in total. The van der Waals surface area contributed by atoms with Gasteiger partial charge in [0.1, 0.15) is 0 Å². The van der Waals surface area contributed by atoms with Gasteiger partial charge >= 0.3 is 5.97 Å². The molecule has 0 spiro atoms. The number of nitrogens with zero attached hydrogens (tertiary/aromatic N) is 1. The molecule has 1 aromatic rings. The molecule has 0 aliphatic carbocycles. The molecule has 0 radical (unpaired) electrons. The lowest BCUT2D eigenvalue weighted by atomic mass is 10.0. The molecule has 1 amide bonds. The summed E-state index contributed by atoms with van der Waals surface area (Å²) in [6.45, 7) is 5.04. The molecule has 1 heterocycles. The molecule has 20 heavy (non-hydrogen) atoms. The molecule has 0 bridgehead atoms. The third-order valence-electron chi connectivity index (χ3n) is 3.73. The number of amides is 1. The summed E-state index contributed by atoms with van der Waals surface area (Å²) in [6, 6.07) is 5.20. The quantitative estimate of drug-likeness (QED) is 0.911. The van der Waals surface area contributed by atoms with Crippen LogP contribution < -0.4 is 0 Å². The van der Waals surface area contributed by atoms with Crippen LogP contribution in [0.2, 0.25) is 0 Å². The Morgan fingerprint density at radius 2 is 2.15 bits per heavy atom. The number of benzene rings is 1. The molecule has 1 atom stereocenters. The van der Waals surface area contributed by atoms with E-state index in [2.05, 4.69) is 0 Å². The first-order chi connectivity index (χ1) is 9.50. The maximum Gasteiger partial charge on any atom is 0.305 e. The van der Waals surface area contributed by atoms with Gasteiger partial charge in [0.25, 0.3) is 5.91 Å². The zero-order chi connectivity index (χ0) is 14.7. The lowest BCUT2D eigenvalue weighted by Crippen LogP contribution is -2.49. The molecule has 1 unspecified atom stereocenters. The topological polar surface area (TPSA) is 66.8 Å². The van der Waals surface area contributed by atoms with E-state index in [1.165, 1.54) is 0 Å². The van der Waals surface area contributed by atoms with Crippen LogP contribution in [0.5, 0.6) is 0 Å². The molecule has 1 aromatic carbocycles. The first-order valence-corrected chi connectivity index (χ1v) is 6.67. The second kappa shape index (κ2) is 6.05. The van der Waals surface area contributed by atoms with Gasteiger partial charge in [0.05, 0.1) is 25.7 Å². The monoisotopic (exact) mass is 277 g/mol. The Kier molecular flexibility index (Phi) is 4.39. The molecule has 1 aliphatic rings. The van der Waals surface area contributed by atoms with Crippen molar-refractivity contribution in [2.24, 2.45) is 0 Å². The minimum atomic E-state index is -0.917. The number of aryl methyl sites for hydroxylation is 1. The smallest absolute Gasteiger partial charge is 0.305 e. The molecular formula is C15H19NO4. The van der Waals surface area contributed by atoms with E-state index >= 15 is 0 Å². The summed E-state index contributed by atoms with van der Waals surface area (Å²) < 4.78 is 5.30. The van der Waals surface area contributed by atoms with Crippen LogP contribution in [0.3, 0.4) is 0 Å². The number of carboxylic acid groups (broad SMARTS) is 1. The van der Waals surface area contributed by atoms with Crippen LogP contribution in [0.25, 0.3) is 0 Å². The van der Waals surface area contributed by atoms with Crippen LogP contribution in [0, 0.1) is 13.8 Å². The van der Waals surface area contributed by atoms with Gasteiger partial charge in [0.2, 0.25) is 0 Å². The van der Waals surface area contributed by atoms with Crippen LogP contribution in [-0.4, -0.2) is 47.7 Å². The van der Waals surface area contributed by atoms with E-state index in [1.54, 1.807) is 11.0 Å². The van der Waals surface area contributed by atoms with Crippen LogP contribution >= 0.6 is 0 Å². The van der Waals surface area contributed by atoms with Gasteiger partial charge in [0.15, 0.2) is 0 Å². The van der Waals surface area contributed by atoms with Crippen molar-refractivity contribution in [3.63, 3.8) is 0 Å². The highest BCUT2D eigenvalue weighted by Gasteiger charge is 2.30. The zero-order valence-electron chi connectivity index (χ0n) is 11.8. The predicted octanol–water partition coefficient (Wildman–Crippen LogP) is 1.62. The maximum atomic E-state index is 12.6. The minimum absolute atomic E-state index is 0.0867. The molecule has 108 valence electrons. The van der Waals surface area contributed by atoms with E-state index in [0.29, 0.717) is 18.7 Å². The molecule has 1 saturated heterocycles. The molecule has 1 fully saturated rings. The SMILES string of the molecule is Cc1cccc(C(=O)N2CCOCC2CC(=O)O)c1C. The molecule has 2 rings (SSSR count). The van der Waals surface area contributed by atoms with Crippen molar-refractivity contribution in [3.05, 3.63) is 34.9 Å². The second-order valence-corrected chi connectivity index (χ2v) is 5.07.